The van der Waals surface area contributed by atoms with E-state index in [2.05, 4.69) is 19.8 Å². The molecule has 0 aromatic rings. The lowest BCUT2D eigenvalue weighted by atomic mass is 10.1. The first-order valence-electron chi connectivity index (χ1n) is 7.15. The summed E-state index contributed by atoms with van der Waals surface area (Å²) in [6.45, 7) is 5.95. The molecule has 0 aliphatic heterocycles. The fraction of sp³-hybridized carbons (Fsp3) is 0.800. The van der Waals surface area contributed by atoms with Crippen molar-refractivity contribution in [2.24, 2.45) is 5.73 Å². The summed E-state index contributed by atoms with van der Waals surface area (Å²) in [4.78, 5) is 14.0. The van der Waals surface area contributed by atoms with E-state index < -0.39 is 6.04 Å². The monoisotopic (exact) mass is 252 g/mol. The molecule has 0 aliphatic carbocycles. The largest absolute Gasteiger partial charge is 0.341 e. The Labute approximate surface area is 112 Å². The van der Waals surface area contributed by atoms with Crippen LogP contribution in [0, 0.1) is 12.3 Å². The Morgan fingerprint density at radius 1 is 1.17 bits per heavy atom. The lowest BCUT2D eigenvalue weighted by Gasteiger charge is -2.25. The highest BCUT2D eigenvalue weighted by Gasteiger charge is 2.19. The van der Waals surface area contributed by atoms with Gasteiger partial charge >= 0.3 is 0 Å². The van der Waals surface area contributed by atoms with Gasteiger partial charge in [0.2, 0.25) is 5.91 Å². The highest BCUT2D eigenvalue weighted by Crippen LogP contribution is 2.05. The summed E-state index contributed by atoms with van der Waals surface area (Å²) >= 11 is 0. The third-order valence-electron chi connectivity index (χ3n) is 3.03. The zero-order valence-electron chi connectivity index (χ0n) is 12.0. The average Bonchev–Trinajstić information content (AvgIpc) is 2.37. The number of amides is 1. The van der Waals surface area contributed by atoms with Crippen LogP contribution in [0.3, 0.4) is 0 Å². The van der Waals surface area contributed by atoms with Gasteiger partial charge in [0.1, 0.15) is 0 Å². The van der Waals surface area contributed by atoms with Crippen LogP contribution in [0.25, 0.3) is 0 Å². The lowest BCUT2D eigenvalue weighted by molar-refractivity contribution is -0.132. The molecule has 0 radical (unpaired) electrons. The van der Waals surface area contributed by atoms with E-state index >= 15 is 0 Å². The highest BCUT2D eigenvalue weighted by atomic mass is 16.2. The van der Waals surface area contributed by atoms with Crippen molar-refractivity contribution >= 4 is 5.91 Å². The van der Waals surface area contributed by atoms with Gasteiger partial charge in [-0.05, 0) is 12.8 Å². The van der Waals surface area contributed by atoms with E-state index in [1.54, 1.807) is 0 Å². The number of rotatable bonds is 10. The molecule has 0 aromatic carbocycles. The molecule has 0 spiro atoms. The maximum Gasteiger partial charge on any atom is 0.240 e. The summed E-state index contributed by atoms with van der Waals surface area (Å²) < 4.78 is 0. The van der Waals surface area contributed by atoms with Crippen molar-refractivity contribution in [1.82, 2.24) is 4.90 Å². The second-order valence-corrected chi connectivity index (χ2v) is 4.75. The van der Waals surface area contributed by atoms with E-state index in [0.29, 0.717) is 6.42 Å². The van der Waals surface area contributed by atoms with Gasteiger partial charge < -0.3 is 10.6 Å². The molecule has 2 N–H and O–H groups in total. The number of carbonyl (C=O) groups excluding carboxylic acids is 1. The topological polar surface area (TPSA) is 46.3 Å². The third kappa shape index (κ3) is 7.34. The molecule has 0 aliphatic rings. The van der Waals surface area contributed by atoms with E-state index in [4.69, 9.17) is 12.2 Å². The summed E-state index contributed by atoms with van der Waals surface area (Å²) in [6, 6.07) is -0.529. The molecule has 0 saturated heterocycles. The van der Waals surface area contributed by atoms with Crippen molar-refractivity contribution in [3.05, 3.63) is 0 Å². The van der Waals surface area contributed by atoms with E-state index in [-0.39, 0.29) is 5.91 Å². The molecule has 1 atom stereocenters. The summed E-state index contributed by atoms with van der Waals surface area (Å²) in [6.07, 6.45) is 12.3. The zero-order chi connectivity index (χ0) is 13.8. The molecule has 0 fully saturated rings. The third-order valence-corrected chi connectivity index (χ3v) is 3.03. The van der Waals surface area contributed by atoms with Gasteiger partial charge in [0.15, 0.2) is 0 Å². The van der Waals surface area contributed by atoms with Crippen LogP contribution in [-0.2, 0) is 4.79 Å². The number of terminal acetylenes is 1. The minimum Gasteiger partial charge on any atom is -0.341 e. The summed E-state index contributed by atoms with van der Waals surface area (Å²) in [5, 5.41) is 0. The predicted octanol–water partition coefficient (Wildman–Crippen LogP) is 2.55. The molecule has 3 nitrogen and oxygen atoms in total. The fourth-order valence-electron chi connectivity index (χ4n) is 1.89. The van der Waals surface area contributed by atoms with Gasteiger partial charge in [0, 0.05) is 19.5 Å². The van der Waals surface area contributed by atoms with Crippen LogP contribution in [0.1, 0.15) is 58.8 Å². The predicted molar refractivity (Wildman–Crippen MR) is 77.1 cm³/mol. The molecule has 18 heavy (non-hydrogen) atoms. The minimum atomic E-state index is -0.529. The number of carbonyl (C=O) groups is 1. The van der Waals surface area contributed by atoms with Gasteiger partial charge in [0.05, 0.1) is 6.04 Å². The first-order valence-corrected chi connectivity index (χ1v) is 7.15. The van der Waals surface area contributed by atoms with Crippen LogP contribution >= 0.6 is 0 Å². The normalized spacial score (nSPS) is 11.9. The molecule has 0 bridgehead atoms. The second kappa shape index (κ2) is 11.1. The first-order chi connectivity index (χ1) is 8.67. The molecular weight excluding hydrogens is 224 g/mol. The average molecular weight is 252 g/mol. The van der Waals surface area contributed by atoms with Crippen molar-refractivity contribution in [2.75, 3.05) is 13.1 Å². The molecule has 104 valence electrons. The van der Waals surface area contributed by atoms with Crippen LogP contribution in [0.2, 0.25) is 0 Å². The van der Waals surface area contributed by atoms with Gasteiger partial charge in [-0.2, -0.15) is 0 Å². The first kappa shape index (κ1) is 17.0. The maximum absolute atomic E-state index is 12.1. The van der Waals surface area contributed by atoms with Crippen LogP contribution in [-0.4, -0.2) is 29.9 Å². The van der Waals surface area contributed by atoms with Crippen molar-refractivity contribution in [2.45, 2.75) is 64.8 Å². The van der Waals surface area contributed by atoms with E-state index in [1.807, 2.05) is 4.90 Å². The van der Waals surface area contributed by atoms with Crippen LogP contribution < -0.4 is 5.73 Å². The number of nitrogens with two attached hydrogens (primary N) is 1. The smallest absolute Gasteiger partial charge is 0.240 e. The Kier molecular flexibility index (Phi) is 10.5. The molecule has 0 aromatic heterocycles. The second-order valence-electron chi connectivity index (χ2n) is 4.75. The summed E-state index contributed by atoms with van der Waals surface area (Å²) in [5.41, 5.74) is 5.80. The fourth-order valence-corrected chi connectivity index (χ4v) is 1.89. The Bertz CT molecular complexity index is 248. The van der Waals surface area contributed by atoms with Crippen molar-refractivity contribution in [1.29, 1.82) is 0 Å². The number of hydrogen-bond acceptors (Lipinski definition) is 2. The molecule has 1 amide bonds. The molecule has 0 heterocycles. The molecular formula is C15H28N2O. The van der Waals surface area contributed by atoms with E-state index in [0.717, 1.165) is 51.6 Å². The van der Waals surface area contributed by atoms with Crippen LogP contribution in [0.4, 0.5) is 0 Å². The van der Waals surface area contributed by atoms with Gasteiger partial charge in [-0.15, -0.1) is 12.3 Å². The molecule has 1 unspecified atom stereocenters. The number of nitrogens with zero attached hydrogens (tertiary/aromatic N) is 1. The molecule has 0 rings (SSSR count). The van der Waals surface area contributed by atoms with Gasteiger partial charge in [-0.3, -0.25) is 4.79 Å². The Morgan fingerprint density at radius 3 is 2.06 bits per heavy atom. The van der Waals surface area contributed by atoms with Gasteiger partial charge in [0.25, 0.3) is 0 Å². The van der Waals surface area contributed by atoms with Gasteiger partial charge in [-0.1, -0.05) is 39.5 Å². The van der Waals surface area contributed by atoms with Gasteiger partial charge in [-0.25, -0.2) is 0 Å². The lowest BCUT2D eigenvalue weighted by Crippen LogP contribution is -2.44. The standard InChI is InChI=1S/C15H28N2O/c1-4-7-9-12-17(13-10-8-5-2)15(18)14(16)11-6-3/h3,14H,4-5,7-13,16H2,1-2H3. The van der Waals surface area contributed by atoms with Crippen molar-refractivity contribution in [3.63, 3.8) is 0 Å². The summed E-state index contributed by atoms with van der Waals surface area (Å²) in [5.74, 6) is 2.48. The minimum absolute atomic E-state index is 0.0140. The SMILES string of the molecule is C#CCC(N)C(=O)N(CCCCC)CCCCC. The molecule has 0 saturated carbocycles. The van der Waals surface area contributed by atoms with Crippen LogP contribution in [0.15, 0.2) is 0 Å². The quantitative estimate of drug-likeness (QED) is 0.480. The van der Waals surface area contributed by atoms with Crippen molar-refractivity contribution in [3.8, 4) is 12.3 Å². The number of unbranched alkanes of at least 4 members (excludes halogenated alkanes) is 4. The highest BCUT2D eigenvalue weighted by molar-refractivity contribution is 5.81. The summed E-state index contributed by atoms with van der Waals surface area (Å²) in [7, 11) is 0. The molecule has 3 heteroatoms. The van der Waals surface area contributed by atoms with Crippen molar-refractivity contribution < 1.29 is 4.79 Å². The Balaban J connectivity index is 4.24. The maximum atomic E-state index is 12.1. The van der Waals surface area contributed by atoms with E-state index in [9.17, 15) is 4.79 Å². The zero-order valence-corrected chi connectivity index (χ0v) is 12.0. The number of hydrogen-bond donors (Lipinski definition) is 1. The van der Waals surface area contributed by atoms with E-state index in [1.165, 1.54) is 0 Å². The Morgan fingerprint density at radius 2 is 1.67 bits per heavy atom. The van der Waals surface area contributed by atoms with Crippen LogP contribution in [0.5, 0.6) is 0 Å². The Hall–Kier alpha value is -1.01.